The van der Waals surface area contributed by atoms with Crippen molar-refractivity contribution < 1.29 is 9.90 Å². The Labute approximate surface area is 135 Å². The number of benzene rings is 2. The van der Waals surface area contributed by atoms with Crippen LogP contribution < -0.4 is 5.32 Å². The quantitative estimate of drug-likeness (QED) is 0.726. The molecule has 0 aliphatic rings. The molecule has 3 nitrogen and oxygen atoms in total. The number of phenols is 1. The highest BCUT2D eigenvalue weighted by atomic mass is 35.5. The van der Waals surface area contributed by atoms with E-state index in [1.165, 1.54) is 30.3 Å². The van der Waals surface area contributed by atoms with Gasteiger partial charge in [0.15, 0.2) is 0 Å². The molecule has 2 N–H and O–H groups in total. The first-order valence-electron chi connectivity index (χ1n) is 5.33. The fourth-order valence-electron chi connectivity index (χ4n) is 1.46. The Hall–Kier alpha value is -1.13. The standard InChI is InChI=1S/C13H7Cl4NO2/c14-7-4-9(16)11(5-8(7)15)18-13(20)6-1-2-12(19)10(17)3-6/h1-5,19H,(H,18,20). The molecule has 0 fully saturated rings. The van der Waals surface area contributed by atoms with Gasteiger partial charge in [0.1, 0.15) is 5.75 Å². The summed E-state index contributed by atoms with van der Waals surface area (Å²) in [4.78, 5) is 12.0. The van der Waals surface area contributed by atoms with Crippen LogP contribution in [-0.2, 0) is 0 Å². The first-order valence-corrected chi connectivity index (χ1v) is 6.84. The topological polar surface area (TPSA) is 49.3 Å². The molecule has 20 heavy (non-hydrogen) atoms. The molecule has 0 spiro atoms. The second kappa shape index (κ2) is 6.10. The van der Waals surface area contributed by atoms with Gasteiger partial charge in [-0.25, -0.2) is 0 Å². The Morgan fingerprint density at radius 2 is 1.55 bits per heavy atom. The van der Waals surface area contributed by atoms with Crippen LogP contribution in [0.4, 0.5) is 5.69 Å². The highest BCUT2D eigenvalue weighted by Crippen LogP contribution is 2.32. The number of nitrogens with one attached hydrogen (secondary N) is 1. The molecule has 7 heteroatoms. The van der Waals surface area contributed by atoms with Crippen molar-refractivity contribution in [3.8, 4) is 5.75 Å². The van der Waals surface area contributed by atoms with E-state index in [-0.39, 0.29) is 26.4 Å². The molecule has 0 saturated heterocycles. The molecule has 0 unspecified atom stereocenters. The third-order valence-corrected chi connectivity index (χ3v) is 3.81. The number of hydrogen-bond donors (Lipinski definition) is 2. The summed E-state index contributed by atoms with van der Waals surface area (Å²) in [6.07, 6.45) is 0. The van der Waals surface area contributed by atoms with E-state index in [4.69, 9.17) is 46.4 Å². The van der Waals surface area contributed by atoms with Crippen molar-refractivity contribution in [1.82, 2.24) is 0 Å². The lowest BCUT2D eigenvalue weighted by Gasteiger charge is -2.09. The molecule has 0 aliphatic carbocycles. The summed E-state index contributed by atoms with van der Waals surface area (Å²) in [5.74, 6) is -0.539. The minimum Gasteiger partial charge on any atom is -0.506 e. The molecule has 0 heterocycles. The second-order valence-electron chi connectivity index (χ2n) is 3.87. The van der Waals surface area contributed by atoms with E-state index in [1.807, 2.05) is 0 Å². The Morgan fingerprint density at radius 1 is 0.900 bits per heavy atom. The average molecular weight is 351 g/mol. The van der Waals surface area contributed by atoms with Crippen molar-refractivity contribution in [2.75, 3.05) is 5.32 Å². The monoisotopic (exact) mass is 349 g/mol. The van der Waals surface area contributed by atoms with Crippen molar-refractivity contribution in [2.45, 2.75) is 0 Å². The predicted molar refractivity (Wildman–Crippen MR) is 82.5 cm³/mol. The van der Waals surface area contributed by atoms with Crippen LogP contribution in [0.1, 0.15) is 10.4 Å². The number of anilines is 1. The SMILES string of the molecule is O=C(Nc1cc(Cl)c(Cl)cc1Cl)c1ccc(O)c(Cl)c1. The molecule has 0 bridgehead atoms. The van der Waals surface area contributed by atoms with Crippen molar-refractivity contribution >= 4 is 58.0 Å². The van der Waals surface area contributed by atoms with Gasteiger partial charge in [0, 0.05) is 5.56 Å². The zero-order valence-electron chi connectivity index (χ0n) is 9.75. The van der Waals surface area contributed by atoms with E-state index in [9.17, 15) is 9.90 Å². The van der Waals surface area contributed by atoms with E-state index in [1.54, 1.807) is 0 Å². The lowest BCUT2D eigenvalue weighted by molar-refractivity contribution is 0.102. The number of aromatic hydroxyl groups is 1. The maximum atomic E-state index is 12.0. The van der Waals surface area contributed by atoms with Gasteiger partial charge in [0.25, 0.3) is 5.91 Å². The Kier molecular flexibility index (Phi) is 4.66. The third kappa shape index (κ3) is 3.30. The van der Waals surface area contributed by atoms with Crippen molar-refractivity contribution in [2.24, 2.45) is 0 Å². The largest absolute Gasteiger partial charge is 0.506 e. The first kappa shape index (κ1) is 15.3. The van der Waals surface area contributed by atoms with E-state index in [2.05, 4.69) is 5.32 Å². The lowest BCUT2D eigenvalue weighted by atomic mass is 10.2. The minimum atomic E-state index is -0.438. The molecule has 2 aromatic rings. The lowest BCUT2D eigenvalue weighted by Crippen LogP contribution is -2.12. The van der Waals surface area contributed by atoms with Gasteiger partial charge in [-0.1, -0.05) is 46.4 Å². The molecule has 104 valence electrons. The summed E-state index contributed by atoms with van der Waals surface area (Å²) in [6.45, 7) is 0. The second-order valence-corrected chi connectivity index (χ2v) is 5.50. The van der Waals surface area contributed by atoms with Crippen molar-refractivity contribution in [3.05, 3.63) is 56.0 Å². The van der Waals surface area contributed by atoms with Crippen LogP contribution in [0.5, 0.6) is 5.75 Å². The van der Waals surface area contributed by atoms with E-state index in [0.29, 0.717) is 10.7 Å². The van der Waals surface area contributed by atoms with Crippen molar-refractivity contribution in [1.29, 1.82) is 0 Å². The van der Waals surface area contributed by atoms with Crippen LogP contribution in [0, 0.1) is 0 Å². The molecular formula is C13H7Cl4NO2. The number of carbonyl (C=O) groups excluding carboxylic acids is 1. The molecule has 0 saturated carbocycles. The molecule has 2 aromatic carbocycles. The summed E-state index contributed by atoms with van der Waals surface area (Å²) in [7, 11) is 0. The molecule has 1 amide bonds. The summed E-state index contributed by atoms with van der Waals surface area (Å²) < 4.78 is 0. The summed E-state index contributed by atoms with van der Waals surface area (Å²) in [5.41, 5.74) is 0.602. The van der Waals surface area contributed by atoms with E-state index in [0.717, 1.165) is 0 Å². The number of amides is 1. The fourth-order valence-corrected chi connectivity index (χ4v) is 2.24. The Bertz CT molecular complexity index is 688. The zero-order chi connectivity index (χ0) is 14.9. The minimum absolute atomic E-state index is 0.0814. The molecule has 2 rings (SSSR count). The predicted octanol–water partition coefficient (Wildman–Crippen LogP) is 5.26. The van der Waals surface area contributed by atoms with Gasteiger partial charge >= 0.3 is 0 Å². The van der Waals surface area contributed by atoms with Crippen LogP contribution in [0.3, 0.4) is 0 Å². The zero-order valence-corrected chi connectivity index (χ0v) is 12.8. The molecule has 0 radical (unpaired) electrons. The van der Waals surface area contributed by atoms with Gasteiger partial charge in [-0.05, 0) is 30.3 Å². The summed E-state index contributed by atoms with van der Waals surface area (Å²) in [6, 6.07) is 6.99. The summed E-state index contributed by atoms with van der Waals surface area (Å²) >= 11 is 23.4. The van der Waals surface area contributed by atoms with Gasteiger partial charge < -0.3 is 10.4 Å². The maximum absolute atomic E-state index is 12.0. The number of halogens is 4. The maximum Gasteiger partial charge on any atom is 0.255 e. The average Bonchev–Trinajstić information content (AvgIpc) is 2.39. The van der Waals surface area contributed by atoms with Crippen LogP contribution in [0.2, 0.25) is 20.1 Å². The normalized spacial score (nSPS) is 10.4. The molecular weight excluding hydrogens is 344 g/mol. The van der Waals surface area contributed by atoms with Gasteiger partial charge in [-0.3, -0.25) is 4.79 Å². The molecule has 0 aliphatic heterocycles. The van der Waals surface area contributed by atoms with Gasteiger partial charge in [-0.15, -0.1) is 0 Å². The van der Waals surface area contributed by atoms with Gasteiger partial charge in [0.05, 0.1) is 25.8 Å². The van der Waals surface area contributed by atoms with Crippen LogP contribution >= 0.6 is 46.4 Å². The Morgan fingerprint density at radius 3 is 2.20 bits per heavy atom. The highest BCUT2D eigenvalue weighted by molar-refractivity contribution is 6.44. The van der Waals surface area contributed by atoms with E-state index >= 15 is 0 Å². The molecule has 0 aromatic heterocycles. The Balaban J connectivity index is 2.27. The smallest absolute Gasteiger partial charge is 0.255 e. The summed E-state index contributed by atoms with van der Waals surface area (Å²) in [5, 5.41) is 12.8. The van der Waals surface area contributed by atoms with Crippen molar-refractivity contribution in [3.63, 3.8) is 0 Å². The van der Waals surface area contributed by atoms with Gasteiger partial charge in [0.2, 0.25) is 0 Å². The van der Waals surface area contributed by atoms with E-state index < -0.39 is 5.91 Å². The van der Waals surface area contributed by atoms with Crippen LogP contribution in [0.25, 0.3) is 0 Å². The highest BCUT2D eigenvalue weighted by Gasteiger charge is 2.12. The van der Waals surface area contributed by atoms with Crippen LogP contribution in [0.15, 0.2) is 30.3 Å². The first-order chi connectivity index (χ1) is 9.38. The third-order valence-electron chi connectivity index (χ3n) is 2.47. The van der Waals surface area contributed by atoms with Crippen LogP contribution in [-0.4, -0.2) is 11.0 Å². The number of carbonyl (C=O) groups is 1. The van der Waals surface area contributed by atoms with Gasteiger partial charge in [-0.2, -0.15) is 0 Å². The fraction of sp³-hybridized carbons (Fsp3) is 0. The number of phenolic OH excluding ortho intramolecular Hbond substituents is 1. The molecule has 0 atom stereocenters. The number of hydrogen-bond acceptors (Lipinski definition) is 2. The number of rotatable bonds is 2.